The Bertz CT molecular complexity index is 413. The largest absolute Gasteiger partial charge is 0.383 e. The van der Waals surface area contributed by atoms with Gasteiger partial charge in [0.15, 0.2) is 0 Å². The number of hydrogen-bond donors (Lipinski definition) is 1. The number of rotatable bonds is 7. The van der Waals surface area contributed by atoms with Gasteiger partial charge in [-0.1, -0.05) is 27.7 Å². The Hall–Kier alpha value is -1.13. The summed E-state index contributed by atoms with van der Waals surface area (Å²) in [6.45, 7) is 12.1. The van der Waals surface area contributed by atoms with Crippen LogP contribution >= 0.6 is 0 Å². The van der Waals surface area contributed by atoms with Crippen LogP contribution in [0.2, 0.25) is 0 Å². The molecule has 0 spiro atoms. The molecule has 0 saturated heterocycles. The molecule has 0 unspecified atom stereocenters. The van der Waals surface area contributed by atoms with Crippen LogP contribution in [0, 0.1) is 0 Å². The Kier molecular flexibility index (Phi) is 6.43. The van der Waals surface area contributed by atoms with E-state index in [-0.39, 0.29) is 5.41 Å². The quantitative estimate of drug-likeness (QED) is 0.832. The fourth-order valence-corrected chi connectivity index (χ4v) is 1.86. The molecule has 0 aromatic carbocycles. The summed E-state index contributed by atoms with van der Waals surface area (Å²) in [6, 6.07) is 4.36. The van der Waals surface area contributed by atoms with E-state index in [1.807, 2.05) is 0 Å². The summed E-state index contributed by atoms with van der Waals surface area (Å²) in [5.74, 6) is 1.02. The van der Waals surface area contributed by atoms with Crippen LogP contribution in [0.1, 0.15) is 39.0 Å². The third kappa shape index (κ3) is 5.10. The highest BCUT2D eigenvalue weighted by molar-refractivity contribution is 5.43. The first-order valence-corrected chi connectivity index (χ1v) is 7.30. The fourth-order valence-electron chi connectivity index (χ4n) is 1.86. The zero-order valence-electron chi connectivity index (χ0n) is 13.8. The highest BCUT2D eigenvalue weighted by Gasteiger charge is 2.18. The van der Waals surface area contributed by atoms with Crippen molar-refractivity contribution in [2.75, 3.05) is 38.8 Å². The van der Waals surface area contributed by atoms with Crippen molar-refractivity contribution in [3.63, 3.8) is 0 Å². The van der Waals surface area contributed by atoms with Gasteiger partial charge in [0.25, 0.3) is 0 Å². The molecule has 0 amide bonds. The second-order valence-electron chi connectivity index (χ2n) is 6.16. The number of methoxy groups -OCH3 is 1. The molecule has 1 N–H and O–H groups in total. The molecule has 0 bridgehead atoms. The summed E-state index contributed by atoms with van der Waals surface area (Å²) < 4.78 is 5.14. The van der Waals surface area contributed by atoms with Gasteiger partial charge in [-0.2, -0.15) is 0 Å². The zero-order chi connectivity index (χ0) is 15.2. The number of pyridine rings is 1. The van der Waals surface area contributed by atoms with Gasteiger partial charge in [0, 0.05) is 38.4 Å². The van der Waals surface area contributed by atoms with E-state index >= 15 is 0 Å². The monoisotopic (exact) mass is 279 g/mol. The zero-order valence-corrected chi connectivity index (χ0v) is 13.8. The molecule has 4 nitrogen and oxygen atoms in total. The van der Waals surface area contributed by atoms with E-state index in [1.54, 1.807) is 7.11 Å². The molecule has 114 valence electrons. The van der Waals surface area contributed by atoms with Gasteiger partial charge in [-0.15, -0.1) is 0 Å². The SMILES string of the molecule is CCNCc1cc(N(C)CCOC)nc(C(C)(C)C)c1. The van der Waals surface area contributed by atoms with Crippen LogP contribution in [0.4, 0.5) is 5.82 Å². The van der Waals surface area contributed by atoms with Crippen LogP contribution in [0.15, 0.2) is 12.1 Å². The number of hydrogen-bond acceptors (Lipinski definition) is 4. The van der Waals surface area contributed by atoms with Crippen molar-refractivity contribution in [2.45, 2.75) is 39.7 Å². The third-order valence-corrected chi connectivity index (χ3v) is 3.24. The van der Waals surface area contributed by atoms with Gasteiger partial charge in [-0.25, -0.2) is 4.98 Å². The maximum atomic E-state index is 5.14. The Labute approximate surface area is 123 Å². The number of ether oxygens (including phenoxy) is 1. The Balaban J connectivity index is 3.02. The Morgan fingerprint density at radius 1 is 1.30 bits per heavy atom. The van der Waals surface area contributed by atoms with Crippen molar-refractivity contribution in [2.24, 2.45) is 0 Å². The van der Waals surface area contributed by atoms with Gasteiger partial charge in [0.05, 0.1) is 6.61 Å². The van der Waals surface area contributed by atoms with Crippen molar-refractivity contribution < 1.29 is 4.74 Å². The molecule has 20 heavy (non-hydrogen) atoms. The number of nitrogens with one attached hydrogen (secondary N) is 1. The number of likely N-dealkylation sites (N-methyl/N-ethyl adjacent to an activating group) is 1. The minimum atomic E-state index is 0.0546. The van der Waals surface area contributed by atoms with Crippen molar-refractivity contribution in [1.82, 2.24) is 10.3 Å². The van der Waals surface area contributed by atoms with E-state index in [2.05, 4.69) is 57.1 Å². The lowest BCUT2D eigenvalue weighted by molar-refractivity contribution is 0.206. The van der Waals surface area contributed by atoms with E-state index in [4.69, 9.17) is 9.72 Å². The number of anilines is 1. The van der Waals surface area contributed by atoms with Gasteiger partial charge < -0.3 is 15.0 Å². The summed E-state index contributed by atoms with van der Waals surface area (Å²) >= 11 is 0. The van der Waals surface area contributed by atoms with Crippen molar-refractivity contribution in [3.8, 4) is 0 Å². The molecule has 0 radical (unpaired) electrons. The van der Waals surface area contributed by atoms with Crippen LogP contribution in [0.25, 0.3) is 0 Å². The highest BCUT2D eigenvalue weighted by Crippen LogP contribution is 2.24. The fraction of sp³-hybridized carbons (Fsp3) is 0.688. The van der Waals surface area contributed by atoms with Crippen molar-refractivity contribution >= 4 is 5.82 Å². The lowest BCUT2D eigenvalue weighted by Crippen LogP contribution is -2.25. The van der Waals surface area contributed by atoms with Crippen molar-refractivity contribution in [1.29, 1.82) is 0 Å². The first-order chi connectivity index (χ1) is 9.38. The molecule has 0 aliphatic rings. The molecular formula is C16H29N3O. The van der Waals surface area contributed by atoms with Crippen LogP contribution < -0.4 is 10.2 Å². The summed E-state index contributed by atoms with van der Waals surface area (Å²) in [7, 11) is 3.79. The molecular weight excluding hydrogens is 250 g/mol. The van der Waals surface area contributed by atoms with Gasteiger partial charge in [0.2, 0.25) is 0 Å². The summed E-state index contributed by atoms with van der Waals surface area (Å²) in [4.78, 5) is 6.96. The predicted molar refractivity (Wildman–Crippen MR) is 85.5 cm³/mol. The molecule has 4 heteroatoms. The molecule has 0 saturated carbocycles. The van der Waals surface area contributed by atoms with Crippen LogP contribution in [-0.2, 0) is 16.7 Å². The average Bonchev–Trinajstić information content (AvgIpc) is 2.41. The van der Waals surface area contributed by atoms with Gasteiger partial charge >= 0.3 is 0 Å². The summed E-state index contributed by atoms with van der Waals surface area (Å²) in [5.41, 5.74) is 2.47. The van der Waals surface area contributed by atoms with Crippen LogP contribution in [0.5, 0.6) is 0 Å². The van der Waals surface area contributed by atoms with Crippen LogP contribution in [-0.4, -0.2) is 38.8 Å². The molecule has 1 aromatic heterocycles. The molecule has 1 aromatic rings. The lowest BCUT2D eigenvalue weighted by Gasteiger charge is -2.24. The van der Waals surface area contributed by atoms with Gasteiger partial charge in [0.1, 0.15) is 5.82 Å². The Morgan fingerprint density at radius 2 is 2.00 bits per heavy atom. The van der Waals surface area contributed by atoms with E-state index in [9.17, 15) is 0 Å². The normalized spacial score (nSPS) is 11.7. The average molecular weight is 279 g/mol. The minimum absolute atomic E-state index is 0.0546. The second-order valence-corrected chi connectivity index (χ2v) is 6.16. The first kappa shape index (κ1) is 16.9. The third-order valence-electron chi connectivity index (χ3n) is 3.24. The molecule has 0 atom stereocenters. The van der Waals surface area contributed by atoms with E-state index in [1.165, 1.54) is 5.56 Å². The molecule has 0 aliphatic heterocycles. The van der Waals surface area contributed by atoms with Crippen LogP contribution in [0.3, 0.4) is 0 Å². The summed E-state index contributed by atoms with van der Waals surface area (Å²) in [6.07, 6.45) is 0. The molecule has 1 heterocycles. The predicted octanol–water partition coefficient (Wildman–Crippen LogP) is 2.57. The molecule has 1 rings (SSSR count). The molecule has 0 fully saturated rings. The first-order valence-electron chi connectivity index (χ1n) is 7.30. The smallest absolute Gasteiger partial charge is 0.128 e. The maximum Gasteiger partial charge on any atom is 0.128 e. The minimum Gasteiger partial charge on any atom is -0.383 e. The van der Waals surface area contributed by atoms with E-state index in [0.29, 0.717) is 6.61 Å². The van der Waals surface area contributed by atoms with Gasteiger partial charge in [-0.05, 0) is 24.2 Å². The number of nitrogens with zero attached hydrogens (tertiary/aromatic N) is 2. The van der Waals surface area contributed by atoms with Crippen molar-refractivity contribution in [3.05, 3.63) is 23.4 Å². The number of aromatic nitrogens is 1. The Morgan fingerprint density at radius 3 is 2.55 bits per heavy atom. The van der Waals surface area contributed by atoms with E-state index in [0.717, 1.165) is 31.1 Å². The van der Waals surface area contributed by atoms with E-state index < -0.39 is 0 Å². The highest BCUT2D eigenvalue weighted by atomic mass is 16.5. The maximum absolute atomic E-state index is 5.14. The topological polar surface area (TPSA) is 37.4 Å². The van der Waals surface area contributed by atoms with Gasteiger partial charge in [-0.3, -0.25) is 0 Å². The summed E-state index contributed by atoms with van der Waals surface area (Å²) in [5, 5.41) is 3.38. The second kappa shape index (κ2) is 7.60. The lowest BCUT2D eigenvalue weighted by atomic mass is 9.90. The molecule has 0 aliphatic carbocycles. The standard InChI is InChI=1S/C16H29N3O/c1-7-17-12-13-10-14(16(2,3)4)18-15(11-13)19(5)8-9-20-6/h10-11,17H,7-9,12H2,1-6H3.